The number of carbonyl (C=O) groups excluding carboxylic acids is 1. The fourth-order valence-electron chi connectivity index (χ4n) is 2.25. The number of nitrogens with one attached hydrogen (secondary N) is 2. The summed E-state index contributed by atoms with van der Waals surface area (Å²) in [7, 11) is 0. The van der Waals surface area contributed by atoms with E-state index in [0.717, 1.165) is 0 Å². The lowest BCUT2D eigenvalue weighted by atomic mass is 10.2. The van der Waals surface area contributed by atoms with Gasteiger partial charge in [-0.1, -0.05) is 0 Å². The zero-order chi connectivity index (χ0) is 14.3. The standard InChI is InChI=1S/C13H13F2N3O2/c1-7-17-9-3-2-8(4-11(9)20-7)18-12(19)10-5-13(14,15)6-16-10/h2-4,10,16H,5-6H2,1H3,(H,18,19). The number of oxazole rings is 1. The number of hydrogen-bond donors (Lipinski definition) is 2. The van der Waals surface area contributed by atoms with Gasteiger partial charge in [-0.15, -0.1) is 0 Å². The average Bonchev–Trinajstić information content (AvgIpc) is 2.90. The largest absolute Gasteiger partial charge is 0.441 e. The molecule has 1 aliphatic rings. The van der Waals surface area contributed by atoms with Crippen molar-refractivity contribution in [2.75, 3.05) is 11.9 Å². The van der Waals surface area contributed by atoms with Crippen molar-refractivity contribution in [1.82, 2.24) is 10.3 Å². The number of halogens is 2. The Bertz CT molecular complexity index is 669. The molecule has 7 heteroatoms. The van der Waals surface area contributed by atoms with Crippen LogP contribution in [0.25, 0.3) is 11.1 Å². The molecule has 0 saturated carbocycles. The van der Waals surface area contributed by atoms with Crippen LogP contribution >= 0.6 is 0 Å². The molecule has 1 aliphatic heterocycles. The number of benzene rings is 1. The first-order valence-corrected chi connectivity index (χ1v) is 6.22. The second-order valence-corrected chi connectivity index (χ2v) is 4.90. The van der Waals surface area contributed by atoms with Crippen LogP contribution < -0.4 is 10.6 Å². The monoisotopic (exact) mass is 281 g/mol. The number of aromatic nitrogens is 1. The number of amides is 1. The van der Waals surface area contributed by atoms with Crippen LogP contribution in [0.4, 0.5) is 14.5 Å². The Hall–Kier alpha value is -2.02. The van der Waals surface area contributed by atoms with E-state index in [0.29, 0.717) is 22.7 Å². The van der Waals surface area contributed by atoms with Crippen molar-refractivity contribution in [2.45, 2.75) is 25.3 Å². The van der Waals surface area contributed by atoms with E-state index in [1.54, 1.807) is 25.1 Å². The molecule has 1 amide bonds. The number of alkyl halides is 2. The van der Waals surface area contributed by atoms with Gasteiger partial charge in [0.1, 0.15) is 5.52 Å². The van der Waals surface area contributed by atoms with Gasteiger partial charge in [-0.2, -0.15) is 0 Å². The Morgan fingerprint density at radius 2 is 2.35 bits per heavy atom. The highest BCUT2D eigenvalue weighted by atomic mass is 19.3. The molecule has 0 aliphatic carbocycles. The summed E-state index contributed by atoms with van der Waals surface area (Å²) in [6.45, 7) is 1.26. The van der Waals surface area contributed by atoms with Gasteiger partial charge in [-0.25, -0.2) is 13.8 Å². The Morgan fingerprint density at radius 1 is 1.55 bits per heavy atom. The van der Waals surface area contributed by atoms with Crippen molar-refractivity contribution in [3.63, 3.8) is 0 Å². The molecule has 1 saturated heterocycles. The van der Waals surface area contributed by atoms with Crippen LogP contribution in [0.5, 0.6) is 0 Å². The van der Waals surface area contributed by atoms with Gasteiger partial charge in [0.2, 0.25) is 5.91 Å². The Labute approximate surface area is 113 Å². The SMILES string of the molecule is Cc1nc2ccc(NC(=O)C3CC(F)(F)CN3)cc2o1. The molecule has 1 aromatic heterocycles. The van der Waals surface area contributed by atoms with E-state index in [1.165, 1.54) is 0 Å². The third kappa shape index (κ3) is 2.49. The summed E-state index contributed by atoms with van der Waals surface area (Å²) in [5.74, 6) is -2.77. The number of aryl methyl sites for hydroxylation is 1. The fraction of sp³-hybridized carbons (Fsp3) is 0.385. The second-order valence-electron chi connectivity index (χ2n) is 4.90. The molecule has 1 atom stereocenters. The summed E-state index contributed by atoms with van der Waals surface area (Å²) < 4.78 is 31.4. The Kier molecular flexibility index (Phi) is 2.93. The molecule has 1 aromatic carbocycles. The number of carbonyl (C=O) groups is 1. The van der Waals surface area contributed by atoms with Crippen LogP contribution in [0, 0.1) is 6.92 Å². The lowest BCUT2D eigenvalue weighted by Crippen LogP contribution is -2.35. The average molecular weight is 281 g/mol. The van der Waals surface area contributed by atoms with E-state index in [-0.39, 0.29) is 0 Å². The van der Waals surface area contributed by atoms with Gasteiger partial charge in [0.05, 0.1) is 12.6 Å². The normalized spacial score (nSPS) is 21.2. The van der Waals surface area contributed by atoms with Gasteiger partial charge in [-0.05, 0) is 12.1 Å². The summed E-state index contributed by atoms with van der Waals surface area (Å²) >= 11 is 0. The van der Waals surface area contributed by atoms with E-state index in [1.807, 2.05) is 0 Å². The topological polar surface area (TPSA) is 67.2 Å². The summed E-state index contributed by atoms with van der Waals surface area (Å²) in [5, 5.41) is 5.11. The first kappa shape index (κ1) is 13.0. The molecule has 20 heavy (non-hydrogen) atoms. The molecule has 3 rings (SSSR count). The van der Waals surface area contributed by atoms with E-state index in [9.17, 15) is 13.6 Å². The zero-order valence-electron chi connectivity index (χ0n) is 10.7. The molecule has 0 spiro atoms. The Balaban J connectivity index is 1.74. The van der Waals surface area contributed by atoms with E-state index < -0.39 is 30.8 Å². The minimum absolute atomic E-state index is 0.467. The van der Waals surface area contributed by atoms with Crippen LogP contribution in [-0.2, 0) is 4.79 Å². The van der Waals surface area contributed by atoms with Crippen molar-refractivity contribution >= 4 is 22.7 Å². The van der Waals surface area contributed by atoms with Gasteiger partial charge >= 0.3 is 0 Å². The zero-order valence-corrected chi connectivity index (χ0v) is 10.7. The van der Waals surface area contributed by atoms with Crippen molar-refractivity contribution in [2.24, 2.45) is 0 Å². The first-order valence-electron chi connectivity index (χ1n) is 6.22. The van der Waals surface area contributed by atoms with Gasteiger partial charge in [0, 0.05) is 25.1 Å². The quantitative estimate of drug-likeness (QED) is 0.884. The molecular formula is C13H13F2N3O2. The molecule has 2 heterocycles. The summed E-state index contributed by atoms with van der Waals surface area (Å²) in [4.78, 5) is 16.0. The maximum atomic E-state index is 13.0. The fourth-order valence-corrected chi connectivity index (χ4v) is 2.25. The highest BCUT2D eigenvalue weighted by Gasteiger charge is 2.42. The lowest BCUT2D eigenvalue weighted by Gasteiger charge is -2.11. The molecular weight excluding hydrogens is 268 g/mol. The molecule has 106 valence electrons. The van der Waals surface area contributed by atoms with Gasteiger partial charge in [-0.3, -0.25) is 10.1 Å². The third-order valence-corrected chi connectivity index (χ3v) is 3.19. The van der Waals surface area contributed by atoms with Crippen molar-refractivity contribution in [3.8, 4) is 0 Å². The Morgan fingerprint density at radius 3 is 3.05 bits per heavy atom. The maximum absolute atomic E-state index is 13.0. The van der Waals surface area contributed by atoms with Crippen LogP contribution in [-0.4, -0.2) is 29.4 Å². The summed E-state index contributed by atoms with van der Waals surface area (Å²) in [6, 6.07) is 4.12. The molecule has 5 nitrogen and oxygen atoms in total. The lowest BCUT2D eigenvalue weighted by molar-refractivity contribution is -0.118. The number of nitrogens with zero attached hydrogens (tertiary/aromatic N) is 1. The predicted molar refractivity (Wildman–Crippen MR) is 68.7 cm³/mol. The van der Waals surface area contributed by atoms with Crippen LogP contribution in [0.1, 0.15) is 12.3 Å². The number of fused-ring (bicyclic) bond motifs is 1. The second kappa shape index (κ2) is 4.52. The van der Waals surface area contributed by atoms with E-state index >= 15 is 0 Å². The predicted octanol–water partition coefficient (Wildman–Crippen LogP) is 2.07. The smallest absolute Gasteiger partial charge is 0.262 e. The van der Waals surface area contributed by atoms with Crippen molar-refractivity contribution in [1.29, 1.82) is 0 Å². The van der Waals surface area contributed by atoms with Crippen LogP contribution in [0.2, 0.25) is 0 Å². The molecule has 1 unspecified atom stereocenters. The summed E-state index contributed by atoms with van der Waals surface area (Å²) in [6.07, 6.45) is -0.484. The molecule has 2 aromatic rings. The van der Waals surface area contributed by atoms with Gasteiger partial charge in [0.25, 0.3) is 5.92 Å². The van der Waals surface area contributed by atoms with Crippen LogP contribution in [0.15, 0.2) is 22.6 Å². The molecule has 2 N–H and O–H groups in total. The summed E-state index contributed by atoms with van der Waals surface area (Å²) in [5.41, 5.74) is 1.73. The van der Waals surface area contributed by atoms with E-state index in [2.05, 4.69) is 15.6 Å². The van der Waals surface area contributed by atoms with E-state index in [4.69, 9.17) is 4.42 Å². The van der Waals surface area contributed by atoms with Gasteiger partial charge in [0.15, 0.2) is 11.5 Å². The number of hydrogen-bond acceptors (Lipinski definition) is 4. The maximum Gasteiger partial charge on any atom is 0.262 e. The number of anilines is 1. The minimum atomic E-state index is -2.83. The van der Waals surface area contributed by atoms with Crippen LogP contribution in [0.3, 0.4) is 0 Å². The molecule has 1 fully saturated rings. The van der Waals surface area contributed by atoms with Gasteiger partial charge < -0.3 is 9.73 Å². The van der Waals surface area contributed by atoms with Crippen molar-refractivity contribution in [3.05, 3.63) is 24.1 Å². The minimum Gasteiger partial charge on any atom is -0.441 e. The number of rotatable bonds is 2. The third-order valence-electron chi connectivity index (χ3n) is 3.19. The highest BCUT2D eigenvalue weighted by Crippen LogP contribution is 2.26. The first-order chi connectivity index (χ1) is 9.43. The van der Waals surface area contributed by atoms with Crippen molar-refractivity contribution < 1.29 is 18.0 Å². The molecule has 0 bridgehead atoms. The molecule has 0 radical (unpaired) electrons. The highest BCUT2D eigenvalue weighted by molar-refractivity contribution is 5.96.